The molecule has 0 radical (unpaired) electrons. The molecule has 1 aliphatic carbocycles. The van der Waals surface area contributed by atoms with E-state index in [2.05, 4.69) is 0 Å². The van der Waals surface area contributed by atoms with Crippen LogP contribution in [-0.4, -0.2) is 37.2 Å². The molecule has 0 saturated heterocycles. The smallest absolute Gasteiger partial charge is 0.219 e. The van der Waals surface area contributed by atoms with Gasteiger partial charge in [-0.25, -0.2) is 0 Å². The van der Waals surface area contributed by atoms with Crippen LogP contribution in [0.2, 0.25) is 0 Å². The zero-order chi connectivity index (χ0) is 17.0. The molecule has 1 aromatic carbocycles. The van der Waals surface area contributed by atoms with Crippen molar-refractivity contribution in [3.8, 4) is 11.5 Å². The van der Waals surface area contributed by atoms with Gasteiger partial charge in [0.1, 0.15) is 0 Å². The molecule has 5 heteroatoms. The van der Waals surface area contributed by atoms with Crippen molar-refractivity contribution in [1.82, 2.24) is 4.90 Å². The summed E-state index contributed by atoms with van der Waals surface area (Å²) in [4.78, 5) is 13.2. The van der Waals surface area contributed by atoms with Gasteiger partial charge in [0.05, 0.1) is 19.8 Å². The fourth-order valence-corrected chi connectivity index (χ4v) is 3.36. The molecule has 0 bridgehead atoms. The summed E-state index contributed by atoms with van der Waals surface area (Å²) in [6, 6.07) is 3.75. The largest absolute Gasteiger partial charge is 0.493 e. The first kappa shape index (κ1) is 17.6. The highest BCUT2D eigenvalue weighted by atomic mass is 16.5. The Morgan fingerprint density at radius 2 is 1.87 bits per heavy atom. The third kappa shape index (κ3) is 3.61. The van der Waals surface area contributed by atoms with Gasteiger partial charge in [-0.3, -0.25) is 4.79 Å². The third-order valence-corrected chi connectivity index (χ3v) is 4.72. The number of ether oxygens (including phenoxy) is 2. The van der Waals surface area contributed by atoms with Crippen LogP contribution in [0.4, 0.5) is 0 Å². The van der Waals surface area contributed by atoms with Crippen LogP contribution in [0.25, 0.3) is 0 Å². The van der Waals surface area contributed by atoms with Crippen molar-refractivity contribution in [3.63, 3.8) is 0 Å². The van der Waals surface area contributed by atoms with Gasteiger partial charge in [0.2, 0.25) is 5.91 Å². The number of aliphatic hydroxyl groups is 1. The van der Waals surface area contributed by atoms with Crippen LogP contribution in [0.1, 0.15) is 50.2 Å². The minimum Gasteiger partial charge on any atom is -0.493 e. The van der Waals surface area contributed by atoms with Gasteiger partial charge in [0.25, 0.3) is 0 Å². The highest BCUT2D eigenvalue weighted by Gasteiger charge is 2.37. The van der Waals surface area contributed by atoms with Gasteiger partial charge in [0, 0.05) is 26.1 Å². The average Bonchev–Trinajstić information content (AvgIpc) is 2.54. The molecule has 5 nitrogen and oxygen atoms in total. The molecular formula is C18H27NO4. The van der Waals surface area contributed by atoms with Gasteiger partial charge in [-0.15, -0.1) is 0 Å². The van der Waals surface area contributed by atoms with Gasteiger partial charge in [-0.1, -0.05) is 25.3 Å². The van der Waals surface area contributed by atoms with Crippen LogP contribution in [0, 0.1) is 0 Å². The Bertz CT molecular complexity index is 564. The first-order valence-electron chi connectivity index (χ1n) is 8.11. The molecule has 0 unspecified atom stereocenters. The van der Waals surface area contributed by atoms with E-state index in [0.29, 0.717) is 30.9 Å². The summed E-state index contributed by atoms with van der Waals surface area (Å²) in [5.74, 6) is 1.17. The van der Waals surface area contributed by atoms with Crippen LogP contribution < -0.4 is 9.47 Å². The van der Waals surface area contributed by atoms with E-state index < -0.39 is 5.60 Å². The van der Waals surface area contributed by atoms with Crippen molar-refractivity contribution in [2.75, 3.05) is 21.3 Å². The Kier molecular flexibility index (Phi) is 5.52. The maximum atomic E-state index is 11.6. The average molecular weight is 321 g/mol. The van der Waals surface area contributed by atoms with E-state index in [4.69, 9.17) is 9.47 Å². The van der Waals surface area contributed by atoms with E-state index in [1.165, 1.54) is 6.92 Å². The lowest BCUT2D eigenvalue weighted by Gasteiger charge is -2.36. The fraction of sp³-hybridized carbons (Fsp3) is 0.611. The van der Waals surface area contributed by atoms with E-state index in [0.717, 1.165) is 30.4 Å². The number of amides is 1. The predicted molar refractivity (Wildman–Crippen MR) is 88.7 cm³/mol. The normalized spacial score (nSPS) is 16.7. The maximum Gasteiger partial charge on any atom is 0.219 e. The Balaban J connectivity index is 2.55. The molecule has 1 amide bonds. The summed E-state index contributed by atoms with van der Waals surface area (Å²) in [7, 11) is 4.94. The lowest BCUT2D eigenvalue weighted by molar-refractivity contribution is -0.128. The summed E-state index contributed by atoms with van der Waals surface area (Å²) < 4.78 is 11.0. The summed E-state index contributed by atoms with van der Waals surface area (Å²) in [5.41, 5.74) is 0.752. The minimum absolute atomic E-state index is 0.0126. The molecule has 1 fully saturated rings. The second-order valence-corrected chi connectivity index (χ2v) is 6.30. The van der Waals surface area contributed by atoms with E-state index in [-0.39, 0.29) is 5.91 Å². The Morgan fingerprint density at radius 1 is 1.22 bits per heavy atom. The number of nitrogens with zero attached hydrogens (tertiary/aromatic N) is 1. The predicted octanol–water partition coefficient (Wildman–Crippen LogP) is 2.83. The molecule has 1 aliphatic rings. The molecular weight excluding hydrogens is 294 g/mol. The Morgan fingerprint density at radius 3 is 2.39 bits per heavy atom. The zero-order valence-electron chi connectivity index (χ0n) is 14.5. The molecule has 1 aromatic rings. The number of benzene rings is 1. The van der Waals surface area contributed by atoms with E-state index in [9.17, 15) is 9.90 Å². The quantitative estimate of drug-likeness (QED) is 0.906. The topological polar surface area (TPSA) is 59.0 Å². The third-order valence-electron chi connectivity index (χ3n) is 4.72. The highest BCUT2D eigenvalue weighted by molar-refractivity contribution is 5.73. The minimum atomic E-state index is -0.926. The Labute approximate surface area is 138 Å². The lowest BCUT2D eigenvalue weighted by Crippen LogP contribution is -2.32. The van der Waals surface area contributed by atoms with Crippen molar-refractivity contribution in [2.45, 2.75) is 51.2 Å². The fourth-order valence-electron chi connectivity index (χ4n) is 3.36. The number of hydrogen-bond acceptors (Lipinski definition) is 4. The molecule has 1 N–H and O–H groups in total. The van der Waals surface area contributed by atoms with Crippen molar-refractivity contribution in [2.24, 2.45) is 0 Å². The van der Waals surface area contributed by atoms with Crippen molar-refractivity contribution in [1.29, 1.82) is 0 Å². The number of carbonyl (C=O) groups excluding carboxylic acids is 1. The van der Waals surface area contributed by atoms with Gasteiger partial charge < -0.3 is 19.5 Å². The standard InChI is InChI=1S/C18H27NO4/c1-13(20)19(2)12-14-8-9-15(22-3)17(23-4)16(14)18(21)10-6-5-7-11-18/h8-9,21H,5-7,10-12H2,1-4H3. The van der Waals surface area contributed by atoms with E-state index in [1.807, 2.05) is 12.1 Å². The second kappa shape index (κ2) is 7.21. The van der Waals surface area contributed by atoms with Gasteiger partial charge in [0.15, 0.2) is 11.5 Å². The first-order valence-corrected chi connectivity index (χ1v) is 8.11. The summed E-state index contributed by atoms with van der Waals surface area (Å²) in [5, 5.41) is 11.3. The molecule has 2 rings (SSSR count). The lowest BCUT2D eigenvalue weighted by atomic mass is 9.77. The van der Waals surface area contributed by atoms with Crippen LogP contribution in [0.3, 0.4) is 0 Å². The molecule has 1 saturated carbocycles. The number of methoxy groups -OCH3 is 2. The summed E-state index contributed by atoms with van der Waals surface area (Å²) in [6.07, 6.45) is 4.51. The SMILES string of the molecule is COc1ccc(CN(C)C(C)=O)c(C2(O)CCCCC2)c1OC. The number of hydrogen-bond donors (Lipinski definition) is 1. The first-order chi connectivity index (χ1) is 10.9. The van der Waals surface area contributed by atoms with Crippen LogP contribution in [0.5, 0.6) is 11.5 Å². The number of rotatable bonds is 5. The highest BCUT2D eigenvalue weighted by Crippen LogP contribution is 2.46. The van der Waals surface area contributed by atoms with Crippen LogP contribution in [-0.2, 0) is 16.9 Å². The van der Waals surface area contributed by atoms with Gasteiger partial charge >= 0.3 is 0 Å². The van der Waals surface area contributed by atoms with Crippen LogP contribution >= 0.6 is 0 Å². The zero-order valence-corrected chi connectivity index (χ0v) is 14.5. The summed E-state index contributed by atoms with van der Waals surface area (Å²) >= 11 is 0. The Hall–Kier alpha value is -1.75. The summed E-state index contributed by atoms with van der Waals surface area (Å²) in [6.45, 7) is 1.98. The maximum absolute atomic E-state index is 11.6. The second-order valence-electron chi connectivity index (χ2n) is 6.30. The van der Waals surface area contributed by atoms with E-state index in [1.54, 1.807) is 26.2 Å². The van der Waals surface area contributed by atoms with Gasteiger partial charge in [-0.2, -0.15) is 0 Å². The van der Waals surface area contributed by atoms with Crippen LogP contribution in [0.15, 0.2) is 12.1 Å². The molecule has 0 aromatic heterocycles. The molecule has 128 valence electrons. The van der Waals surface area contributed by atoms with E-state index >= 15 is 0 Å². The number of carbonyl (C=O) groups is 1. The molecule has 0 aliphatic heterocycles. The molecule has 0 atom stereocenters. The molecule has 0 heterocycles. The monoisotopic (exact) mass is 321 g/mol. The van der Waals surface area contributed by atoms with Crippen molar-refractivity contribution >= 4 is 5.91 Å². The van der Waals surface area contributed by atoms with Gasteiger partial charge in [-0.05, 0) is 24.5 Å². The van der Waals surface area contributed by atoms with Crippen molar-refractivity contribution < 1.29 is 19.4 Å². The van der Waals surface area contributed by atoms with Crippen molar-refractivity contribution in [3.05, 3.63) is 23.3 Å². The molecule has 0 spiro atoms. The molecule has 23 heavy (non-hydrogen) atoms.